The molecule has 1 saturated heterocycles. The topological polar surface area (TPSA) is 59.0 Å². The van der Waals surface area contributed by atoms with Crippen molar-refractivity contribution in [2.24, 2.45) is 5.92 Å². The molecule has 2 aromatic rings. The summed E-state index contributed by atoms with van der Waals surface area (Å²) in [5.41, 5.74) is 4.38. The third-order valence-electron chi connectivity index (χ3n) is 6.48. The molecule has 0 spiro atoms. The van der Waals surface area contributed by atoms with Crippen LogP contribution in [0.15, 0.2) is 42.1 Å². The van der Waals surface area contributed by atoms with Gasteiger partial charge in [-0.15, -0.1) is 0 Å². The number of aromatic nitrogens is 2. The highest BCUT2D eigenvalue weighted by Gasteiger charge is 2.27. The lowest BCUT2D eigenvalue weighted by Gasteiger charge is -2.31. The highest BCUT2D eigenvalue weighted by molar-refractivity contribution is 6.20. The molecule has 4 rings (SSSR count). The summed E-state index contributed by atoms with van der Waals surface area (Å²) in [6.45, 7) is 6.28. The molecule has 1 atom stereocenters. The third kappa shape index (κ3) is 4.64. The lowest BCUT2D eigenvalue weighted by atomic mass is 9.88. The molecule has 2 aliphatic rings. The van der Waals surface area contributed by atoms with E-state index in [4.69, 9.17) is 0 Å². The Bertz CT molecular complexity index is 983. The molecule has 1 amide bonds. The van der Waals surface area contributed by atoms with E-state index in [9.17, 15) is 9.18 Å². The van der Waals surface area contributed by atoms with Crippen molar-refractivity contribution >= 4 is 17.6 Å². The van der Waals surface area contributed by atoms with Crippen LogP contribution in [0.3, 0.4) is 0 Å². The smallest absolute Gasteiger partial charge is 0.251 e. The number of hydrogen-bond donors (Lipinski definition) is 2. The number of piperidine rings is 1. The maximum absolute atomic E-state index is 13.4. The monoisotopic (exact) mass is 422 g/mol. The van der Waals surface area contributed by atoms with E-state index in [2.05, 4.69) is 35.7 Å². The number of nitrogens with zero attached hydrogens (tertiary/aromatic N) is 2. The van der Waals surface area contributed by atoms with Crippen molar-refractivity contribution in [2.75, 3.05) is 13.1 Å². The van der Waals surface area contributed by atoms with Crippen LogP contribution in [0.5, 0.6) is 0 Å². The van der Waals surface area contributed by atoms with Crippen molar-refractivity contribution in [2.45, 2.75) is 52.0 Å². The minimum atomic E-state index is -0.282. The minimum absolute atomic E-state index is 0.0314. The van der Waals surface area contributed by atoms with E-state index in [1.165, 1.54) is 17.7 Å². The van der Waals surface area contributed by atoms with Gasteiger partial charge in [0.15, 0.2) is 0 Å². The molecule has 0 saturated carbocycles. The Morgan fingerprint density at radius 1 is 1.26 bits per heavy atom. The minimum Gasteiger partial charge on any atom is -0.349 e. The lowest BCUT2D eigenvalue weighted by Crippen LogP contribution is -2.44. The second-order valence-corrected chi connectivity index (χ2v) is 8.39. The first-order valence-electron chi connectivity index (χ1n) is 11.4. The molecular formula is C25H31FN4O. The van der Waals surface area contributed by atoms with E-state index in [-0.39, 0.29) is 17.8 Å². The van der Waals surface area contributed by atoms with Gasteiger partial charge < -0.3 is 10.6 Å². The van der Waals surface area contributed by atoms with Crippen molar-refractivity contribution in [3.8, 4) is 5.69 Å². The molecule has 31 heavy (non-hydrogen) atoms. The highest BCUT2D eigenvalue weighted by Crippen LogP contribution is 2.31. The van der Waals surface area contributed by atoms with Crippen LogP contribution in [0.25, 0.3) is 17.3 Å². The molecule has 1 fully saturated rings. The molecule has 1 aromatic heterocycles. The summed E-state index contributed by atoms with van der Waals surface area (Å²) in [4.78, 5) is 13.4. The van der Waals surface area contributed by atoms with Crippen LogP contribution in [0, 0.1) is 11.7 Å². The predicted octanol–water partition coefficient (Wildman–Crippen LogP) is 4.49. The summed E-state index contributed by atoms with van der Waals surface area (Å²) in [6.07, 6.45) is 10.6. The molecule has 1 unspecified atom stereocenters. The second kappa shape index (κ2) is 9.60. The summed E-state index contributed by atoms with van der Waals surface area (Å²) in [7, 11) is 0. The molecular weight excluding hydrogens is 391 g/mol. The Morgan fingerprint density at radius 2 is 2.00 bits per heavy atom. The van der Waals surface area contributed by atoms with Gasteiger partial charge in [0.2, 0.25) is 0 Å². The summed E-state index contributed by atoms with van der Waals surface area (Å²) >= 11 is 0. The number of carbonyl (C=O) groups excluding carboxylic acids is 1. The van der Waals surface area contributed by atoms with Gasteiger partial charge in [0.1, 0.15) is 5.82 Å². The molecule has 5 nitrogen and oxygen atoms in total. The Kier molecular flexibility index (Phi) is 6.66. The van der Waals surface area contributed by atoms with Gasteiger partial charge in [-0.3, -0.25) is 4.79 Å². The molecule has 164 valence electrons. The van der Waals surface area contributed by atoms with Crippen molar-refractivity contribution in [3.63, 3.8) is 0 Å². The number of amides is 1. The zero-order chi connectivity index (χ0) is 21.8. The number of nitrogens with one attached hydrogen (secondary N) is 2. The average molecular weight is 423 g/mol. The lowest BCUT2D eigenvalue weighted by molar-refractivity contribution is -0.116. The van der Waals surface area contributed by atoms with Crippen LogP contribution in [0.4, 0.5) is 4.39 Å². The molecule has 1 aliphatic heterocycles. The molecule has 2 heterocycles. The maximum atomic E-state index is 13.4. The zero-order valence-corrected chi connectivity index (χ0v) is 18.3. The molecule has 0 bridgehead atoms. The number of benzene rings is 1. The Hall–Kier alpha value is -2.73. The maximum Gasteiger partial charge on any atom is 0.251 e. The first-order valence-corrected chi connectivity index (χ1v) is 11.4. The number of fused-ring (bicyclic) bond motifs is 1. The number of hydrogen-bond acceptors (Lipinski definition) is 3. The van der Waals surface area contributed by atoms with Gasteiger partial charge in [-0.25, -0.2) is 9.07 Å². The molecule has 2 N–H and O–H groups in total. The van der Waals surface area contributed by atoms with Crippen LogP contribution in [-0.4, -0.2) is 34.8 Å². The fourth-order valence-corrected chi connectivity index (χ4v) is 4.60. The Labute approximate surface area is 183 Å². The summed E-state index contributed by atoms with van der Waals surface area (Å²) in [5, 5.41) is 11.3. The molecule has 1 aromatic carbocycles. The largest absolute Gasteiger partial charge is 0.349 e. The van der Waals surface area contributed by atoms with E-state index in [0.717, 1.165) is 62.1 Å². The van der Waals surface area contributed by atoms with Crippen molar-refractivity contribution in [1.29, 1.82) is 0 Å². The second-order valence-electron chi connectivity index (χ2n) is 8.39. The Morgan fingerprint density at radius 3 is 2.68 bits per heavy atom. The van der Waals surface area contributed by atoms with Crippen LogP contribution >= 0.6 is 0 Å². The molecule has 6 heteroatoms. The standard InChI is InChI=1S/C25H31FN4O/c1-3-17-5-10-21(25(31)29-23(4-2)18-11-13-27-14-12-18)22-16-28-30(24(22)15-17)20-8-6-19(26)7-9-20/h6-10,15-16,18,23,27H,3-5,11-14H2,1-2H3,(H,29,31). The van der Waals surface area contributed by atoms with E-state index in [1.807, 2.05) is 6.08 Å². The van der Waals surface area contributed by atoms with Gasteiger partial charge in [0, 0.05) is 17.2 Å². The normalized spacial score (nSPS) is 17.9. The first-order chi connectivity index (χ1) is 15.1. The van der Waals surface area contributed by atoms with Crippen molar-refractivity contribution < 1.29 is 9.18 Å². The van der Waals surface area contributed by atoms with Gasteiger partial charge in [0.05, 0.1) is 17.6 Å². The van der Waals surface area contributed by atoms with E-state index < -0.39 is 0 Å². The quantitative estimate of drug-likeness (QED) is 0.721. The number of allylic oxidation sites excluding steroid dienone is 2. The SMILES string of the molecule is CCC1=Cc2c(cnn2-c2ccc(F)cc2)C(C(=O)NC(CC)C2CCNCC2)=CC1. The van der Waals surface area contributed by atoms with Gasteiger partial charge in [-0.1, -0.05) is 25.5 Å². The van der Waals surface area contributed by atoms with Gasteiger partial charge in [0.25, 0.3) is 5.91 Å². The summed E-state index contributed by atoms with van der Waals surface area (Å²) in [5.74, 6) is 0.193. The van der Waals surface area contributed by atoms with Crippen molar-refractivity contribution in [1.82, 2.24) is 20.4 Å². The average Bonchev–Trinajstić information content (AvgIpc) is 3.11. The highest BCUT2D eigenvalue weighted by atomic mass is 19.1. The van der Waals surface area contributed by atoms with Crippen LogP contribution < -0.4 is 10.6 Å². The molecule has 0 radical (unpaired) electrons. The van der Waals surface area contributed by atoms with Gasteiger partial charge in [-0.05, 0) is 81.5 Å². The van der Waals surface area contributed by atoms with Crippen LogP contribution in [0.2, 0.25) is 0 Å². The summed E-state index contributed by atoms with van der Waals surface area (Å²) in [6, 6.07) is 6.45. The fourth-order valence-electron chi connectivity index (χ4n) is 4.60. The van der Waals surface area contributed by atoms with E-state index in [0.29, 0.717) is 11.5 Å². The van der Waals surface area contributed by atoms with Crippen LogP contribution in [-0.2, 0) is 4.79 Å². The van der Waals surface area contributed by atoms with Crippen molar-refractivity contribution in [3.05, 3.63) is 59.2 Å². The van der Waals surface area contributed by atoms with Gasteiger partial charge >= 0.3 is 0 Å². The van der Waals surface area contributed by atoms with Gasteiger partial charge in [-0.2, -0.15) is 5.10 Å². The van der Waals surface area contributed by atoms with E-state index in [1.54, 1.807) is 23.0 Å². The Balaban J connectivity index is 1.65. The number of carbonyl (C=O) groups is 1. The molecule has 1 aliphatic carbocycles. The first kappa shape index (κ1) is 21.5. The zero-order valence-electron chi connectivity index (χ0n) is 18.3. The summed E-state index contributed by atoms with van der Waals surface area (Å²) < 4.78 is 15.2. The predicted molar refractivity (Wildman–Crippen MR) is 122 cm³/mol. The van der Waals surface area contributed by atoms with E-state index >= 15 is 0 Å². The number of halogens is 1. The van der Waals surface area contributed by atoms with Crippen LogP contribution in [0.1, 0.15) is 57.2 Å². The number of rotatable bonds is 6. The third-order valence-corrected chi connectivity index (χ3v) is 6.48. The fraction of sp³-hybridized carbons (Fsp3) is 0.440.